The van der Waals surface area contributed by atoms with Crippen molar-refractivity contribution in [3.63, 3.8) is 0 Å². The van der Waals surface area contributed by atoms with E-state index in [0.717, 1.165) is 0 Å². The molecule has 0 radical (unpaired) electrons. The van der Waals surface area contributed by atoms with Gasteiger partial charge in [0, 0.05) is 30.9 Å². The number of benzene rings is 1. The Morgan fingerprint density at radius 1 is 1.48 bits per heavy atom. The van der Waals surface area contributed by atoms with E-state index in [9.17, 15) is 14.9 Å². The number of nitro groups is 1. The van der Waals surface area contributed by atoms with Crippen LogP contribution in [-0.2, 0) is 4.79 Å². The van der Waals surface area contributed by atoms with Gasteiger partial charge in [-0.25, -0.2) is 0 Å². The molecule has 0 aromatic heterocycles. The van der Waals surface area contributed by atoms with Crippen molar-refractivity contribution in [2.45, 2.75) is 26.4 Å². The van der Waals surface area contributed by atoms with E-state index in [1.165, 1.54) is 12.1 Å². The molecule has 0 aliphatic carbocycles. The maximum absolute atomic E-state index is 11.0. The van der Waals surface area contributed by atoms with E-state index in [1.807, 2.05) is 18.7 Å². The average Bonchev–Trinajstić information content (AvgIpc) is 2.87. The molecule has 0 spiro atoms. The van der Waals surface area contributed by atoms with E-state index >= 15 is 0 Å². The summed E-state index contributed by atoms with van der Waals surface area (Å²) in [4.78, 5) is 23.4. The molecule has 1 aliphatic rings. The summed E-state index contributed by atoms with van der Waals surface area (Å²) in [6.07, 6.45) is 0.448. The molecule has 1 atom stereocenters. The molecule has 1 aromatic rings. The molecule has 114 valence electrons. The van der Waals surface area contributed by atoms with Crippen LogP contribution in [0.1, 0.15) is 20.3 Å². The maximum Gasteiger partial charge on any atom is 0.308 e. The molecule has 1 N–H and O–H groups in total. The Hall–Kier alpha value is -2.31. The second-order valence-electron chi connectivity index (χ2n) is 5.38. The van der Waals surface area contributed by atoms with Crippen LogP contribution >= 0.6 is 0 Å². The standard InChI is InChI=1S/C14H18N2O5/c1-9(2)21-13-6-11(5-12(7-13)16(19)20)15-4-3-10(8-15)14(17)18/h5-7,9-10H,3-4,8H2,1-2H3,(H,17,18). The van der Waals surface area contributed by atoms with Gasteiger partial charge in [-0.3, -0.25) is 14.9 Å². The van der Waals surface area contributed by atoms with Crippen molar-refractivity contribution in [1.82, 2.24) is 0 Å². The van der Waals surface area contributed by atoms with Crippen molar-refractivity contribution < 1.29 is 19.6 Å². The van der Waals surface area contributed by atoms with Gasteiger partial charge in [0.05, 0.1) is 23.0 Å². The van der Waals surface area contributed by atoms with Crippen LogP contribution in [0.15, 0.2) is 18.2 Å². The summed E-state index contributed by atoms with van der Waals surface area (Å²) in [7, 11) is 0. The van der Waals surface area contributed by atoms with Crippen LogP contribution in [0.2, 0.25) is 0 Å². The van der Waals surface area contributed by atoms with Gasteiger partial charge >= 0.3 is 5.97 Å². The zero-order valence-electron chi connectivity index (χ0n) is 12.0. The molecule has 0 saturated carbocycles. The summed E-state index contributed by atoms with van der Waals surface area (Å²) < 4.78 is 5.53. The largest absolute Gasteiger partial charge is 0.491 e. The summed E-state index contributed by atoms with van der Waals surface area (Å²) in [6.45, 7) is 4.61. The van der Waals surface area contributed by atoms with Gasteiger partial charge in [-0.05, 0) is 20.3 Å². The number of hydrogen-bond donors (Lipinski definition) is 1. The van der Waals surface area contributed by atoms with Crippen molar-refractivity contribution >= 4 is 17.3 Å². The monoisotopic (exact) mass is 294 g/mol. The van der Waals surface area contributed by atoms with E-state index in [4.69, 9.17) is 9.84 Å². The SMILES string of the molecule is CC(C)Oc1cc(N2CCC(C(=O)O)C2)cc([N+](=O)[O-])c1. The van der Waals surface area contributed by atoms with Crippen molar-refractivity contribution in [2.24, 2.45) is 5.92 Å². The lowest BCUT2D eigenvalue weighted by Gasteiger charge is -2.19. The summed E-state index contributed by atoms with van der Waals surface area (Å²) in [5, 5.41) is 20.1. The molecular weight excluding hydrogens is 276 g/mol. The fourth-order valence-corrected chi connectivity index (χ4v) is 2.39. The van der Waals surface area contributed by atoms with Crippen LogP contribution in [0, 0.1) is 16.0 Å². The van der Waals surface area contributed by atoms with Crippen molar-refractivity contribution in [2.75, 3.05) is 18.0 Å². The molecule has 1 heterocycles. The molecule has 2 rings (SSSR count). The lowest BCUT2D eigenvalue weighted by molar-refractivity contribution is -0.384. The van der Waals surface area contributed by atoms with Gasteiger partial charge in [-0.15, -0.1) is 0 Å². The highest BCUT2D eigenvalue weighted by atomic mass is 16.6. The van der Waals surface area contributed by atoms with Gasteiger partial charge < -0.3 is 14.7 Å². The van der Waals surface area contributed by atoms with Gasteiger partial charge in [0.25, 0.3) is 5.69 Å². The van der Waals surface area contributed by atoms with Crippen LogP contribution in [0.4, 0.5) is 11.4 Å². The normalized spacial score (nSPS) is 18.0. The van der Waals surface area contributed by atoms with Gasteiger partial charge in [0.15, 0.2) is 0 Å². The fourth-order valence-electron chi connectivity index (χ4n) is 2.39. The number of carbonyl (C=O) groups is 1. The fraction of sp³-hybridized carbons (Fsp3) is 0.500. The first-order valence-electron chi connectivity index (χ1n) is 6.80. The molecule has 1 fully saturated rings. The summed E-state index contributed by atoms with van der Waals surface area (Å²) in [5.74, 6) is -0.840. The van der Waals surface area contributed by atoms with Crippen LogP contribution in [-0.4, -0.2) is 35.2 Å². The zero-order chi connectivity index (χ0) is 15.6. The van der Waals surface area contributed by atoms with Crippen LogP contribution in [0.25, 0.3) is 0 Å². The summed E-state index contributed by atoms with van der Waals surface area (Å²) in [6, 6.07) is 4.56. The molecule has 0 amide bonds. The Morgan fingerprint density at radius 2 is 2.19 bits per heavy atom. The van der Waals surface area contributed by atoms with E-state index in [-0.39, 0.29) is 11.8 Å². The van der Waals surface area contributed by atoms with Crippen molar-refractivity contribution in [3.05, 3.63) is 28.3 Å². The number of nitrogens with zero attached hydrogens (tertiary/aromatic N) is 2. The van der Waals surface area contributed by atoms with Crippen molar-refractivity contribution in [3.8, 4) is 5.75 Å². The van der Waals surface area contributed by atoms with Gasteiger partial charge in [0.2, 0.25) is 0 Å². The van der Waals surface area contributed by atoms with Crippen LogP contribution in [0.5, 0.6) is 5.75 Å². The second kappa shape index (κ2) is 5.99. The van der Waals surface area contributed by atoms with E-state index in [0.29, 0.717) is 30.9 Å². The number of ether oxygens (including phenoxy) is 1. The molecule has 1 saturated heterocycles. The Balaban J connectivity index is 2.28. The molecular formula is C14H18N2O5. The smallest absolute Gasteiger partial charge is 0.308 e. The second-order valence-corrected chi connectivity index (χ2v) is 5.38. The number of non-ortho nitro benzene ring substituents is 1. The molecule has 1 aliphatic heterocycles. The lowest BCUT2D eigenvalue weighted by atomic mass is 10.1. The van der Waals surface area contributed by atoms with Crippen LogP contribution in [0.3, 0.4) is 0 Å². The topological polar surface area (TPSA) is 92.9 Å². The summed E-state index contributed by atoms with van der Waals surface area (Å²) in [5.41, 5.74) is 0.575. The van der Waals surface area contributed by atoms with E-state index in [2.05, 4.69) is 0 Å². The maximum atomic E-state index is 11.0. The first-order chi connectivity index (χ1) is 9.86. The minimum Gasteiger partial charge on any atom is -0.491 e. The number of aliphatic carboxylic acids is 1. The quantitative estimate of drug-likeness (QED) is 0.661. The average molecular weight is 294 g/mol. The molecule has 1 aromatic carbocycles. The molecule has 7 heteroatoms. The van der Waals surface area contributed by atoms with Gasteiger partial charge in [-0.2, -0.15) is 0 Å². The number of carboxylic acid groups (broad SMARTS) is 1. The highest BCUT2D eigenvalue weighted by molar-refractivity contribution is 5.72. The van der Waals surface area contributed by atoms with E-state index in [1.54, 1.807) is 6.07 Å². The van der Waals surface area contributed by atoms with Crippen LogP contribution < -0.4 is 9.64 Å². The molecule has 0 bridgehead atoms. The molecule has 1 unspecified atom stereocenters. The highest BCUT2D eigenvalue weighted by Crippen LogP contribution is 2.32. The van der Waals surface area contributed by atoms with Gasteiger partial charge in [0.1, 0.15) is 5.75 Å². The third kappa shape index (κ3) is 3.62. The number of hydrogen-bond acceptors (Lipinski definition) is 5. The predicted molar refractivity (Wildman–Crippen MR) is 76.8 cm³/mol. The molecule has 21 heavy (non-hydrogen) atoms. The Kier molecular flexibility index (Phi) is 4.30. The third-order valence-electron chi connectivity index (χ3n) is 3.36. The highest BCUT2D eigenvalue weighted by Gasteiger charge is 2.29. The molecule has 7 nitrogen and oxygen atoms in total. The van der Waals surface area contributed by atoms with Gasteiger partial charge in [-0.1, -0.05) is 0 Å². The zero-order valence-corrected chi connectivity index (χ0v) is 12.0. The Labute approximate surface area is 122 Å². The number of rotatable bonds is 5. The Morgan fingerprint density at radius 3 is 2.71 bits per heavy atom. The first-order valence-corrected chi connectivity index (χ1v) is 6.80. The number of nitro benzene ring substituents is 1. The Bertz CT molecular complexity index is 558. The van der Waals surface area contributed by atoms with Crippen molar-refractivity contribution in [1.29, 1.82) is 0 Å². The van der Waals surface area contributed by atoms with E-state index < -0.39 is 16.8 Å². The predicted octanol–water partition coefficient (Wildman–Crippen LogP) is 2.29. The summed E-state index contributed by atoms with van der Waals surface area (Å²) >= 11 is 0. The minimum absolute atomic E-state index is 0.0538. The lowest BCUT2D eigenvalue weighted by Crippen LogP contribution is -2.22. The number of anilines is 1. The number of carboxylic acids is 1. The minimum atomic E-state index is -0.832. The third-order valence-corrected chi connectivity index (χ3v) is 3.36. The first kappa shape index (κ1) is 15.1.